The van der Waals surface area contributed by atoms with E-state index in [1.807, 2.05) is 0 Å². The first-order chi connectivity index (χ1) is 8.15. The van der Waals surface area contributed by atoms with Gasteiger partial charge in [-0.1, -0.05) is 0 Å². The van der Waals surface area contributed by atoms with Crippen LogP contribution in [0, 0.1) is 0 Å². The fourth-order valence-electron chi connectivity index (χ4n) is 1.79. The van der Waals surface area contributed by atoms with Gasteiger partial charge in [-0.15, -0.1) is 0 Å². The fraction of sp³-hybridized carbons (Fsp3) is 0.600. The minimum absolute atomic E-state index is 0.162. The zero-order valence-corrected chi connectivity index (χ0v) is 9.20. The highest BCUT2D eigenvalue weighted by molar-refractivity contribution is 5.94. The minimum atomic E-state index is -2.45. The van der Waals surface area contributed by atoms with Crippen LogP contribution in [0.25, 0.3) is 0 Å². The third-order valence-corrected chi connectivity index (χ3v) is 2.59. The number of alkyl halides is 2. The lowest BCUT2D eigenvalue weighted by molar-refractivity contribution is -0.117. The third-order valence-electron chi connectivity index (χ3n) is 2.59. The molecule has 1 unspecified atom stereocenters. The molecule has 0 bridgehead atoms. The van der Waals surface area contributed by atoms with Gasteiger partial charge in [-0.3, -0.25) is 9.48 Å². The molecule has 1 aromatic heterocycles. The molecule has 2 N–H and O–H groups in total. The van der Waals surface area contributed by atoms with Gasteiger partial charge in [-0.05, 0) is 19.4 Å². The van der Waals surface area contributed by atoms with Crippen molar-refractivity contribution < 1.29 is 13.6 Å². The maximum absolute atomic E-state index is 12.1. The highest BCUT2D eigenvalue weighted by atomic mass is 19.3. The Labute approximate surface area is 97.2 Å². The van der Waals surface area contributed by atoms with Crippen LogP contribution in [0.5, 0.6) is 0 Å². The monoisotopic (exact) mass is 244 g/mol. The van der Waals surface area contributed by atoms with Gasteiger partial charge in [0.15, 0.2) is 5.82 Å². The summed E-state index contributed by atoms with van der Waals surface area (Å²) in [6.45, 7) is 0.370. The summed E-state index contributed by atoms with van der Waals surface area (Å²) in [6.07, 6.45) is 0.737. The summed E-state index contributed by atoms with van der Waals surface area (Å²) in [5.74, 6) is 0.147. The zero-order valence-electron chi connectivity index (χ0n) is 9.20. The third kappa shape index (κ3) is 3.23. The van der Waals surface area contributed by atoms with Crippen LogP contribution in [0.1, 0.15) is 12.8 Å². The Morgan fingerprint density at radius 1 is 1.71 bits per heavy atom. The molecule has 0 spiro atoms. The van der Waals surface area contributed by atoms with E-state index in [-0.39, 0.29) is 11.9 Å². The summed E-state index contributed by atoms with van der Waals surface area (Å²) in [7, 11) is 0. The predicted octanol–water partition coefficient (Wildman–Crippen LogP) is 0.839. The number of nitrogens with one attached hydrogen (secondary N) is 2. The van der Waals surface area contributed by atoms with Crippen molar-refractivity contribution in [1.82, 2.24) is 15.1 Å². The normalized spacial score (nSPS) is 19.8. The van der Waals surface area contributed by atoms with E-state index in [4.69, 9.17) is 0 Å². The molecule has 1 aliphatic rings. The van der Waals surface area contributed by atoms with Gasteiger partial charge in [0.25, 0.3) is 6.43 Å². The molecule has 1 saturated heterocycles. The van der Waals surface area contributed by atoms with Crippen LogP contribution in [0.4, 0.5) is 14.6 Å². The number of halogens is 2. The number of rotatable bonds is 4. The van der Waals surface area contributed by atoms with Crippen molar-refractivity contribution in [3.63, 3.8) is 0 Å². The van der Waals surface area contributed by atoms with Gasteiger partial charge in [-0.25, -0.2) is 8.78 Å². The second kappa shape index (κ2) is 5.22. The molecule has 0 aliphatic carbocycles. The molecule has 5 nitrogen and oxygen atoms in total. The molecular formula is C10H14F2N4O. The van der Waals surface area contributed by atoms with E-state index in [1.165, 1.54) is 12.3 Å². The Morgan fingerprint density at radius 2 is 2.53 bits per heavy atom. The molecule has 2 rings (SSSR count). The second-order valence-corrected chi connectivity index (χ2v) is 3.95. The van der Waals surface area contributed by atoms with Crippen molar-refractivity contribution in [3.8, 4) is 0 Å². The second-order valence-electron chi connectivity index (χ2n) is 3.95. The molecule has 1 atom stereocenters. The standard InChI is InChI=1S/C10H14F2N4O/c11-8(12)6-16-5-3-9(15-16)14-10(17)7-2-1-4-13-7/h3,5,7-8,13H,1-2,4,6H2,(H,14,15,17). The Morgan fingerprint density at radius 3 is 3.18 bits per heavy atom. The molecule has 0 saturated carbocycles. The fourth-order valence-corrected chi connectivity index (χ4v) is 1.79. The van der Waals surface area contributed by atoms with E-state index in [2.05, 4.69) is 15.7 Å². The molecule has 0 radical (unpaired) electrons. The Kier molecular flexibility index (Phi) is 3.68. The Bertz CT molecular complexity index is 387. The number of aromatic nitrogens is 2. The van der Waals surface area contributed by atoms with Crippen molar-refractivity contribution in [3.05, 3.63) is 12.3 Å². The molecule has 2 heterocycles. The number of hydrogen-bond donors (Lipinski definition) is 2. The smallest absolute Gasteiger partial charge is 0.257 e. The number of amides is 1. The van der Waals surface area contributed by atoms with Gasteiger partial charge < -0.3 is 10.6 Å². The summed E-state index contributed by atoms with van der Waals surface area (Å²) >= 11 is 0. The van der Waals surface area contributed by atoms with Gasteiger partial charge in [-0.2, -0.15) is 5.10 Å². The SMILES string of the molecule is O=C(Nc1ccn(CC(F)F)n1)C1CCCN1. The van der Waals surface area contributed by atoms with E-state index in [9.17, 15) is 13.6 Å². The van der Waals surface area contributed by atoms with E-state index < -0.39 is 13.0 Å². The molecule has 17 heavy (non-hydrogen) atoms. The number of anilines is 1. The van der Waals surface area contributed by atoms with Crippen molar-refractivity contribution in [2.75, 3.05) is 11.9 Å². The molecule has 1 fully saturated rings. The van der Waals surface area contributed by atoms with Gasteiger partial charge in [0.05, 0.1) is 6.04 Å². The van der Waals surface area contributed by atoms with Crippen LogP contribution in [0.15, 0.2) is 12.3 Å². The van der Waals surface area contributed by atoms with E-state index in [1.54, 1.807) is 0 Å². The molecule has 1 aliphatic heterocycles. The molecule has 1 aromatic rings. The number of carbonyl (C=O) groups is 1. The lowest BCUT2D eigenvalue weighted by Gasteiger charge is -2.08. The quantitative estimate of drug-likeness (QED) is 0.825. The van der Waals surface area contributed by atoms with Crippen LogP contribution in [-0.2, 0) is 11.3 Å². The minimum Gasteiger partial charge on any atom is -0.308 e. The van der Waals surface area contributed by atoms with Crippen LogP contribution < -0.4 is 10.6 Å². The molecular weight excluding hydrogens is 230 g/mol. The topological polar surface area (TPSA) is 59.0 Å². The highest BCUT2D eigenvalue weighted by Gasteiger charge is 2.22. The molecule has 0 aromatic carbocycles. The van der Waals surface area contributed by atoms with Gasteiger partial charge >= 0.3 is 0 Å². The number of hydrogen-bond acceptors (Lipinski definition) is 3. The zero-order chi connectivity index (χ0) is 12.3. The predicted molar refractivity (Wildman–Crippen MR) is 57.9 cm³/mol. The summed E-state index contributed by atoms with van der Waals surface area (Å²) in [5.41, 5.74) is 0. The summed E-state index contributed by atoms with van der Waals surface area (Å²) in [4.78, 5) is 11.7. The largest absolute Gasteiger partial charge is 0.308 e. The van der Waals surface area contributed by atoms with Crippen LogP contribution in [0.2, 0.25) is 0 Å². The van der Waals surface area contributed by atoms with Gasteiger partial charge in [0, 0.05) is 12.3 Å². The maximum Gasteiger partial charge on any atom is 0.257 e. The number of nitrogens with zero attached hydrogens (tertiary/aromatic N) is 2. The maximum atomic E-state index is 12.1. The van der Waals surface area contributed by atoms with E-state index >= 15 is 0 Å². The van der Waals surface area contributed by atoms with Crippen molar-refractivity contribution in [2.45, 2.75) is 31.9 Å². The highest BCUT2D eigenvalue weighted by Crippen LogP contribution is 2.09. The van der Waals surface area contributed by atoms with Crippen molar-refractivity contribution in [1.29, 1.82) is 0 Å². The van der Waals surface area contributed by atoms with E-state index in [0.717, 1.165) is 24.1 Å². The van der Waals surface area contributed by atoms with Crippen LogP contribution in [-0.4, -0.2) is 34.7 Å². The van der Waals surface area contributed by atoms with Crippen LogP contribution in [0.3, 0.4) is 0 Å². The summed E-state index contributed by atoms with van der Waals surface area (Å²) < 4.78 is 25.3. The van der Waals surface area contributed by atoms with Crippen molar-refractivity contribution in [2.24, 2.45) is 0 Å². The summed E-state index contributed by atoms with van der Waals surface area (Å²) in [5, 5.41) is 9.49. The Hall–Kier alpha value is -1.50. The van der Waals surface area contributed by atoms with Crippen molar-refractivity contribution >= 4 is 11.7 Å². The average molecular weight is 244 g/mol. The number of carbonyl (C=O) groups excluding carboxylic acids is 1. The van der Waals surface area contributed by atoms with E-state index in [0.29, 0.717) is 5.82 Å². The molecule has 94 valence electrons. The lowest BCUT2D eigenvalue weighted by atomic mass is 10.2. The molecule has 1 amide bonds. The Balaban J connectivity index is 1.89. The van der Waals surface area contributed by atoms with Gasteiger partial charge in [0.1, 0.15) is 6.54 Å². The molecule has 7 heteroatoms. The first kappa shape index (κ1) is 12.0. The summed E-state index contributed by atoms with van der Waals surface area (Å²) in [6, 6.07) is 1.31. The van der Waals surface area contributed by atoms with Gasteiger partial charge in [0.2, 0.25) is 5.91 Å². The van der Waals surface area contributed by atoms with Crippen LogP contribution >= 0.6 is 0 Å². The first-order valence-corrected chi connectivity index (χ1v) is 5.51. The average Bonchev–Trinajstić information content (AvgIpc) is 2.87. The lowest BCUT2D eigenvalue weighted by Crippen LogP contribution is -2.35. The first-order valence-electron chi connectivity index (χ1n) is 5.51.